The molecule has 6 nitrogen and oxygen atoms in total. The Morgan fingerprint density at radius 3 is 2.50 bits per heavy atom. The molecule has 2 aromatic heterocycles. The van der Waals surface area contributed by atoms with Crippen LogP contribution in [-0.2, 0) is 6.54 Å². The molecule has 3 aromatic carbocycles. The third-order valence-corrected chi connectivity index (χ3v) is 5.56. The summed E-state index contributed by atoms with van der Waals surface area (Å²) in [6.45, 7) is 2.27. The third-order valence-electron chi connectivity index (χ3n) is 5.56. The highest BCUT2D eigenvalue weighted by Crippen LogP contribution is 2.22. The molecule has 1 atom stereocenters. The maximum Gasteiger partial charge on any atom is 0.274 e. The van der Waals surface area contributed by atoms with Gasteiger partial charge in [0.15, 0.2) is 0 Å². The van der Waals surface area contributed by atoms with Crippen molar-refractivity contribution in [3.63, 3.8) is 0 Å². The summed E-state index contributed by atoms with van der Waals surface area (Å²) in [6, 6.07) is 27.1. The van der Waals surface area contributed by atoms with Crippen molar-refractivity contribution < 1.29 is 9.84 Å². The van der Waals surface area contributed by atoms with Gasteiger partial charge in [-0.1, -0.05) is 60.7 Å². The Morgan fingerprint density at radius 1 is 0.938 bits per heavy atom. The first-order valence-corrected chi connectivity index (χ1v) is 10.5. The number of aliphatic hydroxyl groups is 1. The predicted molar refractivity (Wildman–Crippen MR) is 125 cm³/mol. The third kappa shape index (κ3) is 3.88. The normalized spacial score (nSPS) is 12.3. The molecule has 0 saturated carbocycles. The fourth-order valence-corrected chi connectivity index (χ4v) is 3.92. The van der Waals surface area contributed by atoms with Gasteiger partial charge in [-0.15, -0.1) is 0 Å². The lowest BCUT2D eigenvalue weighted by Gasteiger charge is -2.17. The average molecular weight is 425 g/mol. The standard InChI is InChI=1S/C26H23N3O3/c1-18-13-26(31)29-25(15-24(27-29)20-8-3-2-4-9-20)28(18)16-22(30)17-32-23-12-11-19-7-5-6-10-21(19)14-23/h2-15,22,30H,16-17H2,1H3/t22-/m0/s1. The predicted octanol–water partition coefficient (Wildman–Crippen LogP) is 4.06. The molecule has 2 heterocycles. The molecule has 0 spiro atoms. The van der Waals surface area contributed by atoms with Crippen molar-refractivity contribution in [2.75, 3.05) is 6.61 Å². The van der Waals surface area contributed by atoms with Crippen molar-refractivity contribution in [1.82, 2.24) is 14.2 Å². The highest BCUT2D eigenvalue weighted by atomic mass is 16.5. The van der Waals surface area contributed by atoms with Crippen LogP contribution in [0, 0.1) is 6.92 Å². The summed E-state index contributed by atoms with van der Waals surface area (Å²) in [5.41, 5.74) is 2.84. The number of rotatable bonds is 6. The SMILES string of the molecule is Cc1cc(=O)n2nc(-c3ccccc3)cc2n1C[C@H](O)COc1ccc2ccccc2c1. The van der Waals surface area contributed by atoms with E-state index < -0.39 is 6.10 Å². The summed E-state index contributed by atoms with van der Waals surface area (Å²) in [5, 5.41) is 17.4. The lowest BCUT2D eigenvalue weighted by Crippen LogP contribution is -2.27. The van der Waals surface area contributed by atoms with Crippen molar-refractivity contribution in [3.8, 4) is 17.0 Å². The molecule has 0 aliphatic carbocycles. The van der Waals surface area contributed by atoms with Crippen molar-refractivity contribution in [3.05, 3.63) is 101 Å². The van der Waals surface area contributed by atoms with Gasteiger partial charge in [-0.3, -0.25) is 4.79 Å². The average Bonchev–Trinajstić information content (AvgIpc) is 3.27. The molecular formula is C26H23N3O3. The van der Waals surface area contributed by atoms with Gasteiger partial charge in [0.25, 0.3) is 5.56 Å². The van der Waals surface area contributed by atoms with E-state index in [-0.39, 0.29) is 18.7 Å². The lowest BCUT2D eigenvalue weighted by molar-refractivity contribution is 0.0927. The van der Waals surface area contributed by atoms with Crippen molar-refractivity contribution in [2.24, 2.45) is 0 Å². The Morgan fingerprint density at radius 2 is 1.69 bits per heavy atom. The van der Waals surface area contributed by atoms with Crippen molar-refractivity contribution in [2.45, 2.75) is 19.6 Å². The van der Waals surface area contributed by atoms with Crippen LogP contribution in [0.2, 0.25) is 0 Å². The number of aromatic nitrogens is 3. The van der Waals surface area contributed by atoms with Crippen LogP contribution >= 0.6 is 0 Å². The Labute approximate surface area is 184 Å². The zero-order valence-electron chi connectivity index (χ0n) is 17.7. The van der Waals surface area contributed by atoms with Crippen LogP contribution in [0.15, 0.2) is 89.7 Å². The van der Waals surface area contributed by atoms with Gasteiger partial charge in [-0.25, -0.2) is 0 Å². The molecule has 5 aromatic rings. The number of hydrogen-bond acceptors (Lipinski definition) is 4. The Bertz CT molecular complexity index is 1450. The summed E-state index contributed by atoms with van der Waals surface area (Å²) in [7, 11) is 0. The number of aliphatic hydroxyl groups excluding tert-OH is 1. The van der Waals surface area contributed by atoms with Crippen molar-refractivity contribution >= 4 is 16.4 Å². The number of fused-ring (bicyclic) bond motifs is 2. The second-order valence-electron chi connectivity index (χ2n) is 7.87. The molecule has 1 N–H and O–H groups in total. The highest BCUT2D eigenvalue weighted by Gasteiger charge is 2.15. The molecule has 32 heavy (non-hydrogen) atoms. The largest absolute Gasteiger partial charge is 0.491 e. The van der Waals surface area contributed by atoms with Gasteiger partial charge in [0.05, 0.1) is 12.2 Å². The summed E-state index contributed by atoms with van der Waals surface area (Å²) in [5.74, 6) is 0.709. The Balaban J connectivity index is 1.38. The van der Waals surface area contributed by atoms with E-state index in [0.717, 1.165) is 22.0 Å². The van der Waals surface area contributed by atoms with Crippen LogP contribution in [0.5, 0.6) is 5.75 Å². The second-order valence-corrected chi connectivity index (χ2v) is 7.87. The first-order valence-electron chi connectivity index (χ1n) is 10.5. The maximum atomic E-state index is 12.5. The number of hydrogen-bond donors (Lipinski definition) is 1. The molecule has 5 rings (SSSR count). The number of ether oxygens (including phenoxy) is 1. The van der Waals surface area contributed by atoms with Gasteiger partial charge in [-0.2, -0.15) is 9.61 Å². The summed E-state index contributed by atoms with van der Waals surface area (Å²) >= 11 is 0. The van der Waals surface area contributed by atoms with E-state index in [9.17, 15) is 9.90 Å². The topological polar surface area (TPSA) is 68.8 Å². The van der Waals surface area contributed by atoms with Gasteiger partial charge < -0.3 is 14.4 Å². The number of nitrogens with zero attached hydrogens (tertiary/aromatic N) is 3. The summed E-state index contributed by atoms with van der Waals surface area (Å²) in [6.07, 6.45) is -0.762. The van der Waals surface area contributed by atoms with E-state index in [1.807, 2.05) is 90.4 Å². The zero-order chi connectivity index (χ0) is 22.1. The molecule has 0 unspecified atom stereocenters. The van der Waals surface area contributed by atoms with Gasteiger partial charge in [0.1, 0.15) is 24.1 Å². The molecule has 160 valence electrons. The van der Waals surface area contributed by atoms with Crippen LogP contribution in [0.1, 0.15) is 5.69 Å². The minimum atomic E-state index is -0.762. The molecular weight excluding hydrogens is 402 g/mol. The first kappa shape index (κ1) is 20.0. The molecule has 6 heteroatoms. The Kier molecular flexibility index (Phi) is 5.21. The molecule has 0 aliphatic heterocycles. The Hall–Kier alpha value is -3.90. The quantitative estimate of drug-likeness (QED) is 0.445. The van der Waals surface area contributed by atoms with E-state index in [0.29, 0.717) is 17.1 Å². The number of benzene rings is 3. The maximum absolute atomic E-state index is 12.5. The van der Waals surface area contributed by atoms with E-state index in [1.165, 1.54) is 10.6 Å². The molecule has 0 amide bonds. The van der Waals surface area contributed by atoms with E-state index in [1.54, 1.807) is 0 Å². The zero-order valence-corrected chi connectivity index (χ0v) is 17.7. The molecule has 0 bridgehead atoms. The van der Waals surface area contributed by atoms with Gasteiger partial charge in [0.2, 0.25) is 0 Å². The fourth-order valence-electron chi connectivity index (χ4n) is 3.92. The summed E-state index contributed by atoms with van der Waals surface area (Å²) in [4.78, 5) is 12.5. The van der Waals surface area contributed by atoms with Crippen LogP contribution in [0.25, 0.3) is 27.7 Å². The molecule has 0 fully saturated rings. The van der Waals surface area contributed by atoms with E-state index >= 15 is 0 Å². The molecule has 0 aliphatic rings. The molecule has 0 saturated heterocycles. The number of aryl methyl sites for hydroxylation is 1. The van der Waals surface area contributed by atoms with Gasteiger partial charge in [0, 0.05) is 23.4 Å². The molecule has 0 radical (unpaired) electrons. The van der Waals surface area contributed by atoms with Crippen LogP contribution < -0.4 is 10.3 Å². The van der Waals surface area contributed by atoms with E-state index in [2.05, 4.69) is 5.10 Å². The summed E-state index contributed by atoms with van der Waals surface area (Å²) < 4.78 is 9.13. The first-order chi connectivity index (χ1) is 15.6. The second kappa shape index (κ2) is 8.32. The van der Waals surface area contributed by atoms with Crippen molar-refractivity contribution in [1.29, 1.82) is 0 Å². The highest BCUT2D eigenvalue weighted by molar-refractivity contribution is 5.83. The monoisotopic (exact) mass is 425 g/mol. The van der Waals surface area contributed by atoms with Crippen LogP contribution in [-0.4, -0.2) is 32.0 Å². The van der Waals surface area contributed by atoms with E-state index in [4.69, 9.17) is 4.74 Å². The van der Waals surface area contributed by atoms with Crippen LogP contribution in [0.4, 0.5) is 0 Å². The van der Waals surface area contributed by atoms with Gasteiger partial charge >= 0.3 is 0 Å². The minimum absolute atomic E-state index is 0.135. The minimum Gasteiger partial charge on any atom is -0.491 e. The smallest absolute Gasteiger partial charge is 0.274 e. The fraction of sp³-hybridized carbons (Fsp3) is 0.154. The van der Waals surface area contributed by atoms with Crippen LogP contribution in [0.3, 0.4) is 0 Å². The van der Waals surface area contributed by atoms with Gasteiger partial charge in [-0.05, 0) is 29.8 Å². The lowest BCUT2D eigenvalue weighted by atomic mass is 10.1.